The largest absolute Gasteiger partial charge is 0.331 e. The summed E-state index contributed by atoms with van der Waals surface area (Å²) in [5.41, 5.74) is 0. The number of hydrogen-bond acceptors (Lipinski definition) is 4. The second kappa shape index (κ2) is 5.96. The van der Waals surface area contributed by atoms with Gasteiger partial charge >= 0.3 is 0 Å². The third kappa shape index (κ3) is 3.28. The number of rotatable bonds is 5. The summed E-state index contributed by atoms with van der Waals surface area (Å²) in [6, 6.07) is -0.0461. The van der Waals surface area contributed by atoms with Gasteiger partial charge in [0.1, 0.15) is 5.88 Å². The van der Waals surface area contributed by atoms with Crippen LogP contribution in [-0.4, -0.2) is 40.0 Å². The average molecular weight is 261 g/mol. The summed E-state index contributed by atoms with van der Waals surface area (Å²) in [7, 11) is 0. The lowest BCUT2D eigenvalue weighted by Gasteiger charge is -2.24. The second-order valence-corrected chi connectivity index (χ2v) is 4.67. The highest BCUT2D eigenvalue weighted by molar-refractivity contribution is 7.11. The Bertz CT molecular complexity index is 365. The Morgan fingerprint density at radius 1 is 1.56 bits per heavy atom. The Labute approximate surface area is 103 Å². The van der Waals surface area contributed by atoms with Crippen LogP contribution in [0.4, 0.5) is 0 Å². The minimum atomic E-state index is -0.235. The van der Waals surface area contributed by atoms with Crippen molar-refractivity contribution in [2.75, 3.05) is 12.4 Å². The number of carbonyl (C=O) groups excluding carboxylic acids is 2. The summed E-state index contributed by atoms with van der Waals surface area (Å²) < 4.78 is 0. The van der Waals surface area contributed by atoms with E-state index in [0.717, 1.165) is 0 Å². The number of amides is 1. The highest BCUT2D eigenvalue weighted by atomic mass is 35.5. The normalized spacial score (nSPS) is 10.5. The summed E-state index contributed by atoms with van der Waals surface area (Å²) in [6.07, 6.45) is 1.57. The Hall–Kier alpha value is -0.940. The van der Waals surface area contributed by atoms with E-state index in [9.17, 15) is 9.59 Å². The standard InChI is InChI=1S/C10H13ClN2O2S/c1-7(2)13(9(15)5-11)6-8(14)10-12-3-4-16-10/h3-4,7H,5-6H2,1-2H3. The van der Waals surface area contributed by atoms with Gasteiger partial charge in [-0.05, 0) is 13.8 Å². The molecule has 6 heteroatoms. The zero-order valence-corrected chi connectivity index (χ0v) is 10.7. The molecule has 0 N–H and O–H groups in total. The maximum Gasteiger partial charge on any atom is 0.238 e. The Morgan fingerprint density at radius 3 is 2.69 bits per heavy atom. The van der Waals surface area contributed by atoms with E-state index in [0.29, 0.717) is 5.01 Å². The Balaban J connectivity index is 2.69. The van der Waals surface area contributed by atoms with E-state index in [1.165, 1.54) is 16.2 Å². The van der Waals surface area contributed by atoms with Gasteiger partial charge in [-0.1, -0.05) is 0 Å². The summed E-state index contributed by atoms with van der Waals surface area (Å²) in [4.78, 5) is 28.6. The second-order valence-electron chi connectivity index (χ2n) is 3.51. The van der Waals surface area contributed by atoms with Gasteiger partial charge in [-0.2, -0.15) is 0 Å². The lowest BCUT2D eigenvalue weighted by molar-refractivity contribution is -0.129. The molecule has 0 aliphatic rings. The molecule has 0 unspecified atom stereocenters. The fourth-order valence-corrected chi connectivity index (χ4v) is 1.94. The molecule has 0 atom stereocenters. The average Bonchev–Trinajstić information content (AvgIpc) is 2.77. The van der Waals surface area contributed by atoms with Crippen molar-refractivity contribution in [3.63, 3.8) is 0 Å². The molecule has 0 bridgehead atoms. The van der Waals surface area contributed by atoms with Crippen molar-refractivity contribution in [2.24, 2.45) is 0 Å². The predicted molar refractivity (Wildman–Crippen MR) is 64.0 cm³/mol. The fraction of sp³-hybridized carbons (Fsp3) is 0.500. The Kier molecular flexibility index (Phi) is 4.89. The number of thiazole rings is 1. The molecule has 16 heavy (non-hydrogen) atoms. The van der Waals surface area contributed by atoms with E-state index in [2.05, 4.69) is 4.98 Å². The van der Waals surface area contributed by atoms with Crippen molar-refractivity contribution in [1.82, 2.24) is 9.88 Å². The van der Waals surface area contributed by atoms with Crippen LogP contribution in [0.2, 0.25) is 0 Å². The van der Waals surface area contributed by atoms with Gasteiger partial charge < -0.3 is 4.90 Å². The van der Waals surface area contributed by atoms with Crippen LogP contribution < -0.4 is 0 Å². The van der Waals surface area contributed by atoms with Crippen molar-refractivity contribution in [2.45, 2.75) is 19.9 Å². The number of nitrogens with zero attached hydrogens (tertiary/aromatic N) is 2. The molecule has 1 aromatic rings. The van der Waals surface area contributed by atoms with Gasteiger partial charge in [-0.25, -0.2) is 4.98 Å². The molecule has 1 amide bonds. The number of hydrogen-bond donors (Lipinski definition) is 0. The van der Waals surface area contributed by atoms with Crippen molar-refractivity contribution >= 4 is 34.6 Å². The summed E-state index contributed by atoms with van der Waals surface area (Å²) in [5.74, 6) is -0.493. The van der Waals surface area contributed by atoms with Crippen LogP contribution in [-0.2, 0) is 4.79 Å². The first-order chi connectivity index (χ1) is 7.56. The molecular weight excluding hydrogens is 248 g/mol. The number of halogens is 1. The molecule has 0 saturated carbocycles. The lowest BCUT2D eigenvalue weighted by Crippen LogP contribution is -2.41. The third-order valence-corrected chi connectivity index (χ3v) is 3.09. The highest BCUT2D eigenvalue weighted by Gasteiger charge is 2.20. The molecule has 1 rings (SSSR count). The first-order valence-corrected chi connectivity index (χ1v) is 6.25. The molecule has 1 aromatic heterocycles. The molecule has 0 aliphatic heterocycles. The van der Waals surface area contributed by atoms with Gasteiger partial charge in [-0.3, -0.25) is 9.59 Å². The van der Waals surface area contributed by atoms with Gasteiger partial charge in [0.2, 0.25) is 11.7 Å². The first kappa shape index (κ1) is 13.1. The van der Waals surface area contributed by atoms with Crippen LogP contribution in [0.5, 0.6) is 0 Å². The van der Waals surface area contributed by atoms with Crippen LogP contribution >= 0.6 is 22.9 Å². The molecule has 0 aliphatic carbocycles. The number of carbonyl (C=O) groups is 2. The molecule has 0 aromatic carbocycles. The summed E-state index contributed by atoms with van der Waals surface area (Å²) in [5, 5.41) is 2.16. The van der Waals surface area contributed by atoms with E-state index in [1.54, 1.807) is 11.6 Å². The molecular formula is C10H13ClN2O2S. The molecule has 4 nitrogen and oxygen atoms in total. The van der Waals surface area contributed by atoms with E-state index in [4.69, 9.17) is 11.6 Å². The number of ketones is 1. The fourth-order valence-electron chi connectivity index (χ4n) is 1.22. The zero-order valence-electron chi connectivity index (χ0n) is 9.14. The Morgan fingerprint density at radius 2 is 2.25 bits per heavy atom. The minimum absolute atomic E-state index is 0.0384. The van der Waals surface area contributed by atoms with Crippen LogP contribution in [0, 0.1) is 0 Å². The van der Waals surface area contributed by atoms with Gasteiger partial charge in [0.15, 0.2) is 5.01 Å². The van der Waals surface area contributed by atoms with Gasteiger partial charge in [-0.15, -0.1) is 22.9 Å². The summed E-state index contributed by atoms with van der Waals surface area (Å²) >= 11 is 6.76. The van der Waals surface area contributed by atoms with Gasteiger partial charge in [0.05, 0.1) is 6.54 Å². The smallest absolute Gasteiger partial charge is 0.238 e. The van der Waals surface area contributed by atoms with E-state index in [-0.39, 0.29) is 30.2 Å². The number of alkyl halides is 1. The number of Topliss-reactive ketones (excluding diaryl/α,β-unsaturated/α-hetero) is 1. The monoisotopic (exact) mass is 260 g/mol. The maximum absolute atomic E-state index is 11.8. The maximum atomic E-state index is 11.8. The third-order valence-electron chi connectivity index (χ3n) is 2.04. The van der Waals surface area contributed by atoms with Gasteiger partial charge in [0, 0.05) is 17.6 Å². The molecule has 88 valence electrons. The zero-order chi connectivity index (χ0) is 12.1. The SMILES string of the molecule is CC(C)N(CC(=O)c1nccs1)C(=O)CCl. The summed E-state index contributed by atoms with van der Waals surface area (Å²) in [6.45, 7) is 3.73. The van der Waals surface area contributed by atoms with E-state index < -0.39 is 0 Å². The molecule has 1 heterocycles. The van der Waals surface area contributed by atoms with E-state index >= 15 is 0 Å². The first-order valence-electron chi connectivity index (χ1n) is 4.84. The quantitative estimate of drug-likeness (QED) is 0.599. The van der Waals surface area contributed by atoms with E-state index in [1.807, 2.05) is 13.8 Å². The molecule has 0 spiro atoms. The van der Waals surface area contributed by atoms with Crippen molar-refractivity contribution in [3.8, 4) is 0 Å². The number of aromatic nitrogens is 1. The van der Waals surface area contributed by atoms with Crippen LogP contribution in [0.1, 0.15) is 23.6 Å². The molecule has 0 saturated heterocycles. The lowest BCUT2D eigenvalue weighted by atomic mass is 10.2. The van der Waals surface area contributed by atoms with Crippen molar-refractivity contribution < 1.29 is 9.59 Å². The minimum Gasteiger partial charge on any atom is -0.331 e. The topological polar surface area (TPSA) is 50.3 Å². The predicted octanol–water partition coefficient (Wildman–Crippen LogP) is 1.80. The highest BCUT2D eigenvalue weighted by Crippen LogP contribution is 2.08. The van der Waals surface area contributed by atoms with Crippen LogP contribution in [0.15, 0.2) is 11.6 Å². The van der Waals surface area contributed by atoms with Crippen molar-refractivity contribution in [3.05, 3.63) is 16.6 Å². The van der Waals surface area contributed by atoms with Crippen molar-refractivity contribution in [1.29, 1.82) is 0 Å². The molecule has 0 radical (unpaired) electrons. The van der Waals surface area contributed by atoms with Crippen LogP contribution in [0.3, 0.4) is 0 Å². The van der Waals surface area contributed by atoms with Gasteiger partial charge in [0.25, 0.3) is 0 Å². The molecule has 0 fully saturated rings. The van der Waals surface area contributed by atoms with Crippen LogP contribution in [0.25, 0.3) is 0 Å².